The van der Waals surface area contributed by atoms with Crippen LogP contribution in [0.4, 0.5) is 0 Å². The van der Waals surface area contributed by atoms with Crippen LogP contribution in [0, 0.1) is 11.8 Å². The smallest absolute Gasteiger partial charge is 0.222 e. The highest BCUT2D eigenvalue weighted by Crippen LogP contribution is 2.30. The first-order valence-corrected chi connectivity index (χ1v) is 6.66. The zero-order valence-electron chi connectivity index (χ0n) is 11.1. The van der Waals surface area contributed by atoms with Crippen molar-refractivity contribution in [2.24, 2.45) is 11.8 Å². The Morgan fingerprint density at radius 2 is 1.94 bits per heavy atom. The van der Waals surface area contributed by atoms with E-state index < -0.39 is 0 Å². The van der Waals surface area contributed by atoms with Crippen LogP contribution < -0.4 is 10.6 Å². The zero-order valence-corrected chi connectivity index (χ0v) is 11.9. The van der Waals surface area contributed by atoms with Crippen molar-refractivity contribution in [1.29, 1.82) is 0 Å². The number of carbonyl (C=O) groups is 1. The van der Waals surface area contributed by atoms with E-state index in [1.807, 2.05) is 7.05 Å². The summed E-state index contributed by atoms with van der Waals surface area (Å²) in [6.45, 7) is 3.83. The molecule has 1 rings (SSSR count). The van der Waals surface area contributed by atoms with Gasteiger partial charge in [0.05, 0.1) is 0 Å². The van der Waals surface area contributed by atoms with Crippen molar-refractivity contribution in [3.8, 4) is 0 Å². The molecule has 0 bridgehead atoms. The summed E-state index contributed by atoms with van der Waals surface area (Å²) in [4.78, 5) is 11.8. The van der Waals surface area contributed by atoms with E-state index in [0.717, 1.165) is 31.8 Å². The number of halogens is 1. The normalized spacial score (nSPS) is 17.5. The second-order valence-electron chi connectivity index (χ2n) is 5.04. The van der Waals surface area contributed by atoms with E-state index in [9.17, 15) is 4.79 Å². The molecule has 0 aromatic heterocycles. The first-order chi connectivity index (χ1) is 7.74. The summed E-state index contributed by atoms with van der Waals surface area (Å²) in [5.74, 6) is 1.23. The molecule has 1 saturated carbocycles. The van der Waals surface area contributed by atoms with Gasteiger partial charge in [-0.3, -0.25) is 4.79 Å². The molecule has 1 aliphatic carbocycles. The molecule has 3 nitrogen and oxygen atoms in total. The Balaban J connectivity index is 0.00000256. The van der Waals surface area contributed by atoms with Crippen LogP contribution in [0.5, 0.6) is 0 Å². The van der Waals surface area contributed by atoms with E-state index in [2.05, 4.69) is 17.6 Å². The van der Waals surface area contributed by atoms with Gasteiger partial charge >= 0.3 is 0 Å². The number of hydrogen-bond acceptors (Lipinski definition) is 2. The summed E-state index contributed by atoms with van der Waals surface area (Å²) in [6, 6.07) is 0. The molecule has 0 aromatic carbocycles. The van der Waals surface area contributed by atoms with Crippen LogP contribution >= 0.6 is 12.4 Å². The fourth-order valence-electron chi connectivity index (χ4n) is 2.50. The Labute approximate surface area is 112 Å². The summed E-state index contributed by atoms with van der Waals surface area (Å²) in [5.41, 5.74) is 0. The zero-order chi connectivity index (χ0) is 11.8. The monoisotopic (exact) mass is 262 g/mol. The predicted molar refractivity (Wildman–Crippen MR) is 74.5 cm³/mol. The number of rotatable bonds is 7. The lowest BCUT2D eigenvalue weighted by atomic mass is 9.94. The van der Waals surface area contributed by atoms with Crippen molar-refractivity contribution in [3.63, 3.8) is 0 Å². The summed E-state index contributed by atoms with van der Waals surface area (Å²) >= 11 is 0. The maximum Gasteiger partial charge on any atom is 0.222 e. The molecule has 4 heteroatoms. The molecular formula is C13H27ClN2O. The molecule has 2 N–H and O–H groups in total. The van der Waals surface area contributed by atoms with Crippen LogP contribution in [-0.4, -0.2) is 26.0 Å². The molecular weight excluding hydrogens is 236 g/mol. The second-order valence-corrected chi connectivity index (χ2v) is 5.04. The molecule has 17 heavy (non-hydrogen) atoms. The van der Waals surface area contributed by atoms with Gasteiger partial charge in [0.15, 0.2) is 0 Å². The van der Waals surface area contributed by atoms with Gasteiger partial charge in [-0.25, -0.2) is 0 Å². The largest absolute Gasteiger partial charge is 0.356 e. The molecule has 1 atom stereocenters. The van der Waals surface area contributed by atoms with Crippen molar-refractivity contribution in [2.75, 3.05) is 20.1 Å². The fourth-order valence-corrected chi connectivity index (χ4v) is 2.50. The molecule has 0 radical (unpaired) electrons. The van der Waals surface area contributed by atoms with E-state index in [1.54, 1.807) is 0 Å². The molecule has 0 saturated heterocycles. The van der Waals surface area contributed by atoms with Gasteiger partial charge in [0, 0.05) is 12.5 Å². The van der Waals surface area contributed by atoms with E-state index in [1.165, 1.54) is 25.7 Å². The van der Waals surface area contributed by atoms with Crippen LogP contribution in [0.2, 0.25) is 0 Å². The number of carbonyl (C=O) groups excluding carboxylic acids is 1. The van der Waals surface area contributed by atoms with Crippen LogP contribution in [0.1, 0.15) is 45.4 Å². The van der Waals surface area contributed by atoms with Gasteiger partial charge in [0.25, 0.3) is 0 Å². The average Bonchev–Trinajstić information content (AvgIpc) is 2.76. The van der Waals surface area contributed by atoms with Gasteiger partial charge < -0.3 is 10.6 Å². The third kappa shape index (κ3) is 6.89. The molecule has 1 unspecified atom stereocenters. The molecule has 1 amide bonds. The number of amides is 1. The quantitative estimate of drug-likeness (QED) is 0.692. The molecule has 0 spiro atoms. The SMILES string of the molecule is CNCCCNC(=O)C(C)CC1CCCC1.Cl. The molecule has 0 heterocycles. The van der Waals surface area contributed by atoms with Gasteiger partial charge in [-0.05, 0) is 32.4 Å². The first kappa shape index (κ1) is 16.7. The maximum absolute atomic E-state index is 11.8. The highest BCUT2D eigenvalue weighted by molar-refractivity contribution is 5.85. The van der Waals surface area contributed by atoms with Gasteiger partial charge in [0.1, 0.15) is 0 Å². The highest BCUT2D eigenvalue weighted by Gasteiger charge is 2.21. The van der Waals surface area contributed by atoms with Gasteiger partial charge in [-0.1, -0.05) is 32.6 Å². The van der Waals surface area contributed by atoms with Gasteiger partial charge in [-0.2, -0.15) is 0 Å². The molecule has 1 fully saturated rings. The average molecular weight is 263 g/mol. The Hall–Kier alpha value is -0.280. The minimum atomic E-state index is 0. The Morgan fingerprint density at radius 3 is 2.53 bits per heavy atom. The standard InChI is InChI=1S/C13H26N2O.ClH/c1-11(10-12-6-3-4-7-12)13(16)15-9-5-8-14-2;/h11-12,14H,3-10H2,1-2H3,(H,15,16);1H. The first-order valence-electron chi connectivity index (χ1n) is 6.66. The van der Waals surface area contributed by atoms with Crippen molar-refractivity contribution >= 4 is 18.3 Å². The van der Waals surface area contributed by atoms with Crippen molar-refractivity contribution in [1.82, 2.24) is 10.6 Å². The Bertz CT molecular complexity index is 206. The minimum absolute atomic E-state index is 0. The minimum Gasteiger partial charge on any atom is -0.356 e. The van der Waals surface area contributed by atoms with Crippen LogP contribution in [0.3, 0.4) is 0 Å². The molecule has 102 valence electrons. The maximum atomic E-state index is 11.8. The van der Waals surface area contributed by atoms with E-state index in [4.69, 9.17) is 0 Å². The highest BCUT2D eigenvalue weighted by atomic mass is 35.5. The molecule has 1 aliphatic rings. The lowest BCUT2D eigenvalue weighted by Gasteiger charge is -2.16. The lowest BCUT2D eigenvalue weighted by molar-refractivity contribution is -0.125. The van der Waals surface area contributed by atoms with E-state index in [-0.39, 0.29) is 24.2 Å². The van der Waals surface area contributed by atoms with Crippen molar-refractivity contribution < 1.29 is 4.79 Å². The van der Waals surface area contributed by atoms with E-state index in [0.29, 0.717) is 0 Å². The van der Waals surface area contributed by atoms with Crippen LogP contribution in [0.25, 0.3) is 0 Å². The Morgan fingerprint density at radius 1 is 1.29 bits per heavy atom. The van der Waals surface area contributed by atoms with Crippen LogP contribution in [0.15, 0.2) is 0 Å². The number of nitrogens with one attached hydrogen (secondary N) is 2. The summed E-state index contributed by atoms with van der Waals surface area (Å²) < 4.78 is 0. The Kier molecular flexibility index (Phi) is 9.56. The predicted octanol–water partition coefficient (Wildman–Crippen LogP) is 2.35. The summed E-state index contributed by atoms with van der Waals surface area (Å²) in [7, 11) is 1.94. The van der Waals surface area contributed by atoms with Gasteiger partial charge in [0.2, 0.25) is 5.91 Å². The molecule has 0 aliphatic heterocycles. The van der Waals surface area contributed by atoms with Crippen LogP contribution in [-0.2, 0) is 4.79 Å². The lowest BCUT2D eigenvalue weighted by Crippen LogP contribution is -2.32. The summed E-state index contributed by atoms with van der Waals surface area (Å²) in [6.07, 6.45) is 7.48. The third-order valence-corrected chi connectivity index (χ3v) is 3.51. The third-order valence-electron chi connectivity index (χ3n) is 3.51. The van der Waals surface area contributed by atoms with Crippen molar-refractivity contribution in [2.45, 2.75) is 45.4 Å². The van der Waals surface area contributed by atoms with Crippen molar-refractivity contribution in [3.05, 3.63) is 0 Å². The topological polar surface area (TPSA) is 41.1 Å². The summed E-state index contributed by atoms with van der Waals surface area (Å²) in [5, 5.41) is 6.09. The second kappa shape index (κ2) is 9.72. The fraction of sp³-hybridized carbons (Fsp3) is 0.923. The van der Waals surface area contributed by atoms with Gasteiger partial charge in [-0.15, -0.1) is 12.4 Å². The molecule has 0 aromatic rings. The number of hydrogen-bond donors (Lipinski definition) is 2. The van der Waals surface area contributed by atoms with E-state index >= 15 is 0 Å².